The molecule has 2 aromatic carbocycles. The van der Waals surface area contributed by atoms with Gasteiger partial charge in [-0.1, -0.05) is 45.7 Å². The summed E-state index contributed by atoms with van der Waals surface area (Å²) in [4.78, 5) is 0. The molecule has 0 aliphatic rings. The van der Waals surface area contributed by atoms with Gasteiger partial charge in [0.25, 0.3) is 0 Å². The fraction of sp³-hybridized carbons (Fsp3) is 0.200. The highest BCUT2D eigenvalue weighted by Crippen LogP contribution is 2.35. The number of nitrogens with two attached hydrogens (primary N) is 1. The predicted octanol–water partition coefficient (Wildman–Crippen LogP) is 4.02. The van der Waals surface area contributed by atoms with Gasteiger partial charge in [0.2, 0.25) is 0 Å². The van der Waals surface area contributed by atoms with E-state index in [9.17, 15) is 9.50 Å². The maximum atomic E-state index is 13.1. The topological polar surface area (TPSA) is 46.2 Å². The molecule has 2 unspecified atom stereocenters. The SMILES string of the molecule is NCC(c1ccc(F)cc1Cl)C(O)c1cccc(Br)c1. The van der Waals surface area contributed by atoms with E-state index in [-0.39, 0.29) is 11.6 Å². The average Bonchev–Trinajstić information content (AvgIpc) is 2.41. The molecule has 5 heteroatoms. The molecule has 0 aliphatic carbocycles. The van der Waals surface area contributed by atoms with Gasteiger partial charge in [0, 0.05) is 22.0 Å². The van der Waals surface area contributed by atoms with E-state index >= 15 is 0 Å². The van der Waals surface area contributed by atoms with Crippen molar-refractivity contribution in [1.82, 2.24) is 0 Å². The van der Waals surface area contributed by atoms with Gasteiger partial charge >= 0.3 is 0 Å². The lowest BCUT2D eigenvalue weighted by Gasteiger charge is -2.23. The van der Waals surface area contributed by atoms with Crippen LogP contribution in [0.2, 0.25) is 5.02 Å². The molecule has 0 saturated heterocycles. The molecule has 0 amide bonds. The molecule has 0 heterocycles. The zero-order chi connectivity index (χ0) is 14.7. The van der Waals surface area contributed by atoms with E-state index in [1.807, 2.05) is 24.3 Å². The van der Waals surface area contributed by atoms with Crippen molar-refractivity contribution in [3.8, 4) is 0 Å². The predicted molar refractivity (Wildman–Crippen MR) is 82.3 cm³/mol. The summed E-state index contributed by atoms with van der Waals surface area (Å²) in [6, 6.07) is 11.5. The molecule has 0 radical (unpaired) electrons. The van der Waals surface area contributed by atoms with Crippen LogP contribution in [0.5, 0.6) is 0 Å². The quantitative estimate of drug-likeness (QED) is 0.867. The molecule has 0 spiro atoms. The highest BCUT2D eigenvalue weighted by molar-refractivity contribution is 9.10. The third kappa shape index (κ3) is 3.38. The molecular weight excluding hydrogens is 345 g/mol. The molecule has 0 fully saturated rings. The van der Waals surface area contributed by atoms with Crippen molar-refractivity contribution in [3.05, 3.63) is 68.9 Å². The van der Waals surface area contributed by atoms with Crippen molar-refractivity contribution in [2.45, 2.75) is 12.0 Å². The maximum Gasteiger partial charge on any atom is 0.124 e. The van der Waals surface area contributed by atoms with E-state index in [4.69, 9.17) is 17.3 Å². The lowest BCUT2D eigenvalue weighted by molar-refractivity contribution is 0.147. The smallest absolute Gasteiger partial charge is 0.124 e. The standard InChI is InChI=1S/C15H14BrClFNO/c16-10-3-1-2-9(6-10)15(20)13(8-19)12-5-4-11(18)7-14(12)17/h1-7,13,15,20H,8,19H2. The molecule has 2 atom stereocenters. The first-order valence-electron chi connectivity index (χ1n) is 6.11. The second-order valence-electron chi connectivity index (χ2n) is 4.51. The Hall–Kier alpha value is -0.940. The van der Waals surface area contributed by atoms with Gasteiger partial charge in [-0.25, -0.2) is 4.39 Å². The molecular formula is C15H14BrClFNO. The highest BCUT2D eigenvalue weighted by atomic mass is 79.9. The lowest BCUT2D eigenvalue weighted by atomic mass is 9.89. The second-order valence-corrected chi connectivity index (χ2v) is 5.83. The minimum Gasteiger partial charge on any atom is -0.388 e. The van der Waals surface area contributed by atoms with Gasteiger partial charge in [0.05, 0.1) is 6.10 Å². The van der Waals surface area contributed by atoms with Crippen molar-refractivity contribution in [2.24, 2.45) is 5.73 Å². The number of hydrogen-bond donors (Lipinski definition) is 2. The normalized spacial score (nSPS) is 14.1. The van der Waals surface area contributed by atoms with Crippen molar-refractivity contribution in [3.63, 3.8) is 0 Å². The van der Waals surface area contributed by atoms with Crippen LogP contribution in [0.3, 0.4) is 0 Å². The summed E-state index contributed by atoms with van der Waals surface area (Å²) in [6.07, 6.45) is -0.805. The Morgan fingerprint density at radius 1 is 1.25 bits per heavy atom. The first-order valence-corrected chi connectivity index (χ1v) is 7.28. The van der Waals surface area contributed by atoms with Crippen molar-refractivity contribution < 1.29 is 9.50 Å². The van der Waals surface area contributed by atoms with Gasteiger partial charge < -0.3 is 10.8 Å². The third-order valence-electron chi connectivity index (χ3n) is 3.19. The van der Waals surface area contributed by atoms with Crippen LogP contribution < -0.4 is 5.73 Å². The van der Waals surface area contributed by atoms with Crippen LogP contribution in [0.25, 0.3) is 0 Å². The van der Waals surface area contributed by atoms with Crippen molar-refractivity contribution in [2.75, 3.05) is 6.54 Å². The van der Waals surface area contributed by atoms with Crippen LogP contribution in [-0.2, 0) is 0 Å². The zero-order valence-electron chi connectivity index (χ0n) is 10.6. The van der Waals surface area contributed by atoms with Crippen LogP contribution in [0.15, 0.2) is 46.9 Å². The van der Waals surface area contributed by atoms with Gasteiger partial charge in [-0.2, -0.15) is 0 Å². The fourth-order valence-corrected chi connectivity index (χ4v) is 2.88. The Balaban J connectivity index is 2.36. The molecule has 3 N–H and O–H groups in total. The summed E-state index contributed by atoms with van der Waals surface area (Å²) in [6.45, 7) is 0.207. The molecule has 2 aromatic rings. The van der Waals surface area contributed by atoms with Crippen molar-refractivity contribution >= 4 is 27.5 Å². The molecule has 0 aliphatic heterocycles. The molecule has 0 bridgehead atoms. The Labute approximate surface area is 130 Å². The maximum absolute atomic E-state index is 13.1. The fourth-order valence-electron chi connectivity index (χ4n) is 2.15. The highest BCUT2D eigenvalue weighted by Gasteiger charge is 2.23. The van der Waals surface area contributed by atoms with E-state index in [2.05, 4.69) is 15.9 Å². The van der Waals surface area contributed by atoms with Gasteiger partial charge in [-0.05, 0) is 35.4 Å². The monoisotopic (exact) mass is 357 g/mol. The Kier molecular flexibility index (Phi) is 5.16. The number of benzene rings is 2. The van der Waals surface area contributed by atoms with Gasteiger partial charge in [-0.15, -0.1) is 0 Å². The largest absolute Gasteiger partial charge is 0.388 e. The second kappa shape index (κ2) is 6.68. The van der Waals surface area contributed by atoms with E-state index in [1.54, 1.807) is 6.07 Å². The van der Waals surface area contributed by atoms with Gasteiger partial charge in [0.1, 0.15) is 5.82 Å². The zero-order valence-corrected chi connectivity index (χ0v) is 12.9. The summed E-state index contributed by atoms with van der Waals surface area (Å²) in [5.74, 6) is -0.802. The summed E-state index contributed by atoms with van der Waals surface area (Å²) >= 11 is 9.41. The van der Waals surface area contributed by atoms with E-state index in [0.29, 0.717) is 5.56 Å². The number of aliphatic hydroxyl groups is 1. The van der Waals surface area contributed by atoms with Crippen molar-refractivity contribution in [1.29, 1.82) is 0 Å². The molecule has 0 saturated carbocycles. The number of rotatable bonds is 4. The van der Waals surface area contributed by atoms with Crippen LogP contribution in [0, 0.1) is 5.82 Å². The first kappa shape index (κ1) is 15.4. The van der Waals surface area contributed by atoms with Crippen LogP contribution >= 0.6 is 27.5 Å². The Morgan fingerprint density at radius 2 is 2.00 bits per heavy atom. The van der Waals surface area contributed by atoms with Gasteiger partial charge in [-0.3, -0.25) is 0 Å². The number of hydrogen-bond acceptors (Lipinski definition) is 2. The van der Waals surface area contributed by atoms with Crippen LogP contribution in [0.4, 0.5) is 4.39 Å². The minimum absolute atomic E-state index is 0.207. The summed E-state index contributed by atoms with van der Waals surface area (Å²) < 4.78 is 14.0. The van der Waals surface area contributed by atoms with Crippen LogP contribution in [-0.4, -0.2) is 11.7 Å². The van der Waals surface area contributed by atoms with E-state index in [1.165, 1.54) is 12.1 Å². The molecule has 2 rings (SSSR count). The van der Waals surface area contributed by atoms with E-state index in [0.717, 1.165) is 10.0 Å². The van der Waals surface area contributed by atoms with Gasteiger partial charge in [0.15, 0.2) is 0 Å². The molecule has 20 heavy (non-hydrogen) atoms. The molecule has 0 aromatic heterocycles. The Bertz CT molecular complexity index is 608. The Morgan fingerprint density at radius 3 is 2.60 bits per heavy atom. The summed E-state index contributed by atoms with van der Waals surface area (Å²) in [5, 5.41) is 10.8. The number of halogens is 3. The first-order chi connectivity index (χ1) is 9.52. The third-order valence-corrected chi connectivity index (χ3v) is 4.01. The summed E-state index contributed by atoms with van der Waals surface area (Å²) in [7, 11) is 0. The van der Waals surface area contributed by atoms with E-state index < -0.39 is 17.8 Å². The molecule has 2 nitrogen and oxygen atoms in total. The summed E-state index contributed by atoms with van der Waals surface area (Å²) in [5.41, 5.74) is 7.14. The number of aliphatic hydroxyl groups excluding tert-OH is 1. The minimum atomic E-state index is -0.805. The average molecular weight is 359 g/mol. The molecule has 106 valence electrons. The van der Waals surface area contributed by atoms with Crippen LogP contribution in [0.1, 0.15) is 23.1 Å². The lowest BCUT2D eigenvalue weighted by Crippen LogP contribution is -2.20.